The molecule has 3 N–H and O–H groups in total. The van der Waals surface area contributed by atoms with Gasteiger partial charge in [0.15, 0.2) is 0 Å². The standard InChI is InChI=1S/C24H33IN2O5/c1-16(29)27(15-17-7-3-2-4-8-17)20-13-18(24(31)26-11-12-28)14-22(23(20)30)32-21-10-6-5-9-19(21)25/h5-6,9-10,14,17,20,22-23,28,30H,2-4,7-8,11-13,15H2,1H3,(H,26,31). The number of ether oxygens (including phenoxy) is 1. The van der Waals surface area contributed by atoms with Crippen LogP contribution in [-0.4, -0.2) is 64.9 Å². The Morgan fingerprint density at radius 2 is 1.94 bits per heavy atom. The normalized spacial score (nSPS) is 23.9. The van der Waals surface area contributed by atoms with E-state index in [0.29, 0.717) is 23.8 Å². The van der Waals surface area contributed by atoms with Crippen molar-refractivity contribution in [2.24, 2.45) is 5.92 Å². The lowest BCUT2D eigenvalue weighted by atomic mass is 9.85. The molecule has 1 fully saturated rings. The van der Waals surface area contributed by atoms with Gasteiger partial charge in [-0.05, 0) is 59.6 Å². The van der Waals surface area contributed by atoms with Gasteiger partial charge in [-0.15, -0.1) is 0 Å². The van der Waals surface area contributed by atoms with Gasteiger partial charge in [0.25, 0.3) is 0 Å². The zero-order chi connectivity index (χ0) is 23.1. The number of nitrogens with one attached hydrogen (secondary N) is 1. The van der Waals surface area contributed by atoms with Gasteiger partial charge in [-0.25, -0.2) is 0 Å². The molecule has 0 radical (unpaired) electrons. The van der Waals surface area contributed by atoms with Gasteiger partial charge in [-0.2, -0.15) is 0 Å². The van der Waals surface area contributed by atoms with Crippen molar-refractivity contribution in [1.29, 1.82) is 0 Å². The monoisotopic (exact) mass is 556 g/mol. The van der Waals surface area contributed by atoms with Crippen molar-refractivity contribution < 1.29 is 24.5 Å². The van der Waals surface area contributed by atoms with E-state index in [2.05, 4.69) is 27.9 Å². The van der Waals surface area contributed by atoms with Gasteiger partial charge in [-0.3, -0.25) is 9.59 Å². The Bertz CT molecular complexity index is 824. The molecule has 3 atom stereocenters. The molecule has 8 heteroatoms. The largest absolute Gasteiger partial charge is 0.482 e. The molecular formula is C24H33IN2O5. The average molecular weight is 556 g/mol. The van der Waals surface area contributed by atoms with E-state index in [9.17, 15) is 14.7 Å². The lowest BCUT2D eigenvalue weighted by molar-refractivity contribution is -0.137. The van der Waals surface area contributed by atoms with Crippen molar-refractivity contribution in [3.8, 4) is 5.75 Å². The summed E-state index contributed by atoms with van der Waals surface area (Å²) in [6.07, 6.45) is 5.87. The maximum atomic E-state index is 12.7. The van der Waals surface area contributed by atoms with Crippen molar-refractivity contribution in [2.75, 3.05) is 19.7 Å². The van der Waals surface area contributed by atoms with Crippen molar-refractivity contribution in [1.82, 2.24) is 10.2 Å². The van der Waals surface area contributed by atoms with Crippen LogP contribution in [0.25, 0.3) is 0 Å². The lowest BCUT2D eigenvalue weighted by Crippen LogP contribution is -2.55. The number of hydrogen-bond donors (Lipinski definition) is 3. The summed E-state index contributed by atoms with van der Waals surface area (Å²) in [5.74, 6) is 0.607. The zero-order valence-corrected chi connectivity index (χ0v) is 20.7. The Labute approximate surface area is 203 Å². The Morgan fingerprint density at radius 3 is 2.59 bits per heavy atom. The first-order chi connectivity index (χ1) is 15.4. The number of aliphatic hydroxyl groups is 2. The highest BCUT2D eigenvalue weighted by atomic mass is 127. The Balaban J connectivity index is 1.87. The van der Waals surface area contributed by atoms with Gasteiger partial charge in [0.2, 0.25) is 11.8 Å². The van der Waals surface area contributed by atoms with E-state index in [1.807, 2.05) is 24.3 Å². The minimum absolute atomic E-state index is 0.107. The molecule has 0 bridgehead atoms. The second kappa shape index (κ2) is 12.0. The molecule has 0 saturated heterocycles. The number of para-hydroxylation sites is 1. The first kappa shape index (κ1) is 25.0. The van der Waals surface area contributed by atoms with Gasteiger partial charge in [0.05, 0.1) is 16.2 Å². The Kier molecular flexibility index (Phi) is 9.36. The molecule has 2 aliphatic carbocycles. The third-order valence-corrected chi connectivity index (χ3v) is 7.19. The molecule has 2 amide bonds. The van der Waals surface area contributed by atoms with Crippen LogP contribution >= 0.6 is 22.6 Å². The van der Waals surface area contributed by atoms with Crippen LogP contribution in [-0.2, 0) is 9.59 Å². The molecule has 0 aliphatic heterocycles. The average Bonchev–Trinajstić information content (AvgIpc) is 2.79. The van der Waals surface area contributed by atoms with Crippen LogP contribution in [0.3, 0.4) is 0 Å². The third-order valence-electron chi connectivity index (χ3n) is 6.30. The molecule has 0 spiro atoms. The summed E-state index contributed by atoms with van der Waals surface area (Å²) < 4.78 is 7.03. The summed E-state index contributed by atoms with van der Waals surface area (Å²) in [5, 5.41) is 23.0. The number of hydrogen-bond acceptors (Lipinski definition) is 5. The van der Waals surface area contributed by atoms with E-state index in [1.165, 1.54) is 13.3 Å². The summed E-state index contributed by atoms with van der Waals surface area (Å²) in [6, 6.07) is 6.93. The van der Waals surface area contributed by atoms with Crippen LogP contribution in [0.1, 0.15) is 45.4 Å². The molecule has 3 rings (SSSR count). The van der Waals surface area contributed by atoms with Gasteiger partial charge < -0.3 is 25.2 Å². The molecule has 1 aromatic carbocycles. The van der Waals surface area contributed by atoms with Crippen molar-refractivity contribution in [2.45, 2.75) is 63.7 Å². The number of benzene rings is 1. The van der Waals surface area contributed by atoms with E-state index < -0.39 is 18.2 Å². The minimum Gasteiger partial charge on any atom is -0.482 e. The molecule has 0 heterocycles. The molecular weight excluding hydrogens is 523 g/mol. The van der Waals surface area contributed by atoms with Crippen molar-refractivity contribution in [3.05, 3.63) is 39.5 Å². The van der Waals surface area contributed by atoms with Crippen molar-refractivity contribution in [3.63, 3.8) is 0 Å². The summed E-state index contributed by atoms with van der Waals surface area (Å²) in [4.78, 5) is 27.1. The SMILES string of the molecule is CC(=O)N(CC1CCCCC1)C1CC(C(=O)NCCO)=CC(Oc2ccccc2I)C1O. The molecule has 1 aromatic rings. The molecule has 2 aliphatic rings. The Hall–Kier alpha value is -1.65. The minimum atomic E-state index is -0.965. The number of halogens is 1. The van der Waals surface area contributed by atoms with Crippen LogP contribution in [0, 0.1) is 9.49 Å². The van der Waals surface area contributed by atoms with Crippen LogP contribution in [0.5, 0.6) is 5.75 Å². The first-order valence-electron chi connectivity index (χ1n) is 11.4. The van der Waals surface area contributed by atoms with Gasteiger partial charge >= 0.3 is 0 Å². The summed E-state index contributed by atoms with van der Waals surface area (Å²) in [7, 11) is 0. The predicted octanol–water partition coefficient (Wildman–Crippen LogP) is 2.64. The number of carbonyl (C=O) groups excluding carboxylic acids is 2. The number of carbonyl (C=O) groups is 2. The van der Waals surface area contributed by atoms with Crippen LogP contribution in [0.2, 0.25) is 0 Å². The van der Waals surface area contributed by atoms with Gasteiger partial charge in [0, 0.05) is 32.0 Å². The fraction of sp³-hybridized carbons (Fsp3) is 0.583. The van der Waals surface area contributed by atoms with E-state index in [4.69, 9.17) is 9.84 Å². The second-order valence-electron chi connectivity index (χ2n) is 8.62. The van der Waals surface area contributed by atoms with E-state index in [-0.39, 0.29) is 31.4 Å². The van der Waals surface area contributed by atoms with Crippen LogP contribution in [0.15, 0.2) is 35.9 Å². The molecule has 0 aromatic heterocycles. The highest BCUT2D eigenvalue weighted by Crippen LogP contribution is 2.32. The molecule has 32 heavy (non-hydrogen) atoms. The first-order valence-corrected chi connectivity index (χ1v) is 12.4. The summed E-state index contributed by atoms with van der Waals surface area (Å²) in [6.45, 7) is 2.09. The smallest absolute Gasteiger partial charge is 0.247 e. The summed E-state index contributed by atoms with van der Waals surface area (Å²) >= 11 is 2.17. The number of amides is 2. The Morgan fingerprint density at radius 1 is 1.22 bits per heavy atom. The van der Waals surface area contributed by atoms with Crippen LogP contribution < -0.4 is 10.1 Å². The lowest BCUT2D eigenvalue weighted by Gasteiger charge is -2.42. The predicted molar refractivity (Wildman–Crippen MR) is 130 cm³/mol. The van der Waals surface area contributed by atoms with Gasteiger partial charge in [-0.1, -0.05) is 31.4 Å². The fourth-order valence-corrected chi connectivity index (χ4v) is 5.13. The fourth-order valence-electron chi connectivity index (χ4n) is 4.61. The second-order valence-corrected chi connectivity index (χ2v) is 9.78. The van der Waals surface area contributed by atoms with E-state index in [0.717, 1.165) is 29.3 Å². The topological polar surface area (TPSA) is 99.1 Å². The quantitative estimate of drug-likeness (QED) is 0.428. The van der Waals surface area contributed by atoms with Crippen LogP contribution in [0.4, 0.5) is 0 Å². The van der Waals surface area contributed by atoms with Crippen molar-refractivity contribution >= 4 is 34.4 Å². The maximum absolute atomic E-state index is 12.7. The van der Waals surface area contributed by atoms with Gasteiger partial charge in [0.1, 0.15) is 18.0 Å². The number of rotatable bonds is 8. The van der Waals surface area contributed by atoms with E-state index in [1.54, 1.807) is 11.0 Å². The number of nitrogens with zero attached hydrogens (tertiary/aromatic N) is 1. The molecule has 7 nitrogen and oxygen atoms in total. The highest BCUT2D eigenvalue weighted by molar-refractivity contribution is 14.1. The van der Waals surface area contributed by atoms with E-state index >= 15 is 0 Å². The number of aliphatic hydroxyl groups excluding tert-OH is 2. The molecule has 1 saturated carbocycles. The zero-order valence-electron chi connectivity index (χ0n) is 18.5. The maximum Gasteiger partial charge on any atom is 0.247 e. The summed E-state index contributed by atoms with van der Waals surface area (Å²) in [5.41, 5.74) is 0.458. The third kappa shape index (κ3) is 6.45. The molecule has 3 unspecified atom stereocenters. The highest BCUT2D eigenvalue weighted by Gasteiger charge is 2.40. The molecule has 176 valence electrons.